The first-order chi connectivity index (χ1) is 9.40. The number of ether oxygens (including phenoxy) is 1. The van der Waals surface area contributed by atoms with Crippen LogP contribution < -0.4 is 0 Å². The fraction of sp³-hybridized carbons (Fsp3) is 0.308. The van der Waals surface area contributed by atoms with Crippen LogP contribution in [0.4, 0.5) is 13.2 Å². The van der Waals surface area contributed by atoms with Crippen LogP contribution in [0.5, 0.6) is 0 Å². The molecule has 106 valence electrons. The zero-order valence-corrected chi connectivity index (χ0v) is 10.5. The van der Waals surface area contributed by atoms with Crippen LogP contribution in [0.15, 0.2) is 40.3 Å². The third-order valence-corrected chi connectivity index (χ3v) is 2.71. The molecule has 0 fully saturated rings. The van der Waals surface area contributed by atoms with Gasteiger partial charge in [0.05, 0.1) is 12.8 Å². The van der Waals surface area contributed by atoms with Gasteiger partial charge in [-0.1, -0.05) is 30.3 Å². The SMILES string of the molecule is CCOC(=O)C1=NC(c2ccccc2)(C(F)(F)F)N=C1. The summed E-state index contributed by atoms with van der Waals surface area (Å²) in [6.07, 6.45) is -3.95. The summed E-state index contributed by atoms with van der Waals surface area (Å²) in [5.74, 6) is -0.918. The number of hydrogen-bond acceptors (Lipinski definition) is 4. The third-order valence-electron chi connectivity index (χ3n) is 2.71. The van der Waals surface area contributed by atoms with Gasteiger partial charge in [-0.25, -0.2) is 14.8 Å². The molecule has 1 unspecified atom stereocenters. The van der Waals surface area contributed by atoms with Crippen molar-refractivity contribution in [2.45, 2.75) is 18.8 Å². The van der Waals surface area contributed by atoms with E-state index in [-0.39, 0.29) is 12.2 Å². The van der Waals surface area contributed by atoms with Gasteiger partial charge in [0, 0.05) is 5.56 Å². The van der Waals surface area contributed by atoms with E-state index in [0.29, 0.717) is 0 Å². The fourth-order valence-corrected chi connectivity index (χ4v) is 1.80. The molecule has 0 saturated heterocycles. The smallest absolute Gasteiger partial charge is 0.438 e. The van der Waals surface area contributed by atoms with Crippen molar-refractivity contribution in [2.24, 2.45) is 9.98 Å². The Morgan fingerprint density at radius 1 is 1.30 bits per heavy atom. The molecule has 7 heteroatoms. The van der Waals surface area contributed by atoms with E-state index in [4.69, 9.17) is 0 Å². The lowest BCUT2D eigenvalue weighted by molar-refractivity contribution is -0.185. The molecular formula is C13H11F3N2O2. The second kappa shape index (κ2) is 5.07. The molecule has 0 aliphatic carbocycles. The molecule has 1 aliphatic rings. The van der Waals surface area contributed by atoms with E-state index in [9.17, 15) is 18.0 Å². The summed E-state index contributed by atoms with van der Waals surface area (Å²) in [5.41, 5.74) is -3.35. The summed E-state index contributed by atoms with van der Waals surface area (Å²) in [7, 11) is 0. The first-order valence-electron chi connectivity index (χ1n) is 5.85. The first-order valence-corrected chi connectivity index (χ1v) is 5.85. The summed E-state index contributed by atoms with van der Waals surface area (Å²) in [4.78, 5) is 18.4. The van der Waals surface area contributed by atoms with Crippen LogP contribution in [-0.2, 0) is 15.2 Å². The topological polar surface area (TPSA) is 51.0 Å². The third kappa shape index (κ3) is 2.31. The second-order valence-corrected chi connectivity index (χ2v) is 4.01. The van der Waals surface area contributed by atoms with E-state index in [1.54, 1.807) is 13.0 Å². The molecule has 1 aromatic carbocycles. The van der Waals surface area contributed by atoms with E-state index >= 15 is 0 Å². The Kier molecular flexibility index (Phi) is 3.61. The van der Waals surface area contributed by atoms with Crippen LogP contribution in [0.3, 0.4) is 0 Å². The van der Waals surface area contributed by atoms with Crippen molar-refractivity contribution < 1.29 is 22.7 Å². The molecule has 0 bridgehead atoms. The molecule has 1 aliphatic heterocycles. The van der Waals surface area contributed by atoms with Gasteiger partial charge in [0.25, 0.3) is 5.66 Å². The summed E-state index contributed by atoms with van der Waals surface area (Å²) < 4.78 is 44.7. The van der Waals surface area contributed by atoms with Crippen LogP contribution in [0.2, 0.25) is 0 Å². The summed E-state index contributed by atoms with van der Waals surface area (Å²) >= 11 is 0. The molecule has 0 aromatic heterocycles. The average Bonchev–Trinajstić information content (AvgIpc) is 2.86. The fourth-order valence-electron chi connectivity index (χ4n) is 1.80. The Labute approximate surface area is 113 Å². The zero-order chi connectivity index (χ0) is 14.8. The van der Waals surface area contributed by atoms with Crippen molar-refractivity contribution in [3.05, 3.63) is 35.9 Å². The van der Waals surface area contributed by atoms with Crippen molar-refractivity contribution >= 4 is 17.9 Å². The molecule has 20 heavy (non-hydrogen) atoms. The van der Waals surface area contributed by atoms with Crippen molar-refractivity contribution in [1.82, 2.24) is 0 Å². The normalized spacial score (nSPS) is 21.7. The highest BCUT2D eigenvalue weighted by molar-refractivity contribution is 6.60. The van der Waals surface area contributed by atoms with Gasteiger partial charge >= 0.3 is 12.1 Å². The van der Waals surface area contributed by atoms with Crippen molar-refractivity contribution in [3.63, 3.8) is 0 Å². The number of carbonyl (C=O) groups is 1. The average molecular weight is 284 g/mol. The number of aliphatic imine (C=N–C) groups is 2. The van der Waals surface area contributed by atoms with E-state index in [1.165, 1.54) is 24.3 Å². The van der Waals surface area contributed by atoms with Crippen LogP contribution in [-0.4, -0.2) is 30.7 Å². The van der Waals surface area contributed by atoms with Gasteiger partial charge in [-0.2, -0.15) is 13.2 Å². The molecule has 1 atom stereocenters. The monoisotopic (exact) mass is 284 g/mol. The minimum atomic E-state index is -4.75. The molecule has 1 aromatic rings. The van der Waals surface area contributed by atoms with E-state index in [0.717, 1.165) is 6.21 Å². The van der Waals surface area contributed by atoms with Gasteiger partial charge in [-0.05, 0) is 6.92 Å². The highest BCUT2D eigenvalue weighted by Crippen LogP contribution is 2.45. The first kappa shape index (κ1) is 14.2. The van der Waals surface area contributed by atoms with Crippen molar-refractivity contribution in [1.29, 1.82) is 0 Å². The maximum Gasteiger partial charge on any atom is 0.438 e. The van der Waals surface area contributed by atoms with Crippen molar-refractivity contribution in [2.75, 3.05) is 6.61 Å². The number of halogens is 3. The Morgan fingerprint density at radius 2 is 1.95 bits per heavy atom. The molecular weight excluding hydrogens is 273 g/mol. The molecule has 0 radical (unpaired) electrons. The summed E-state index contributed by atoms with van der Waals surface area (Å²) in [6, 6.07) is 7.03. The lowest BCUT2D eigenvalue weighted by atomic mass is 10.0. The Balaban J connectivity index is 2.49. The molecule has 0 N–H and O–H groups in total. The van der Waals surface area contributed by atoms with Crippen molar-refractivity contribution in [3.8, 4) is 0 Å². The second-order valence-electron chi connectivity index (χ2n) is 4.01. The van der Waals surface area contributed by atoms with Gasteiger partial charge in [0.2, 0.25) is 0 Å². The highest BCUT2D eigenvalue weighted by atomic mass is 19.4. The van der Waals surface area contributed by atoms with E-state index in [2.05, 4.69) is 14.7 Å². The Bertz CT molecular complexity index is 567. The van der Waals surface area contributed by atoms with Crippen LogP contribution >= 0.6 is 0 Å². The Hall–Kier alpha value is -2.18. The standard InChI is InChI=1S/C13H11F3N2O2/c1-2-20-11(19)10-8-17-12(18-10,13(14,15)16)9-6-4-3-5-7-9/h3-8H,2H2,1H3. The minimum Gasteiger partial charge on any atom is -0.461 e. The minimum absolute atomic E-state index is 0.0516. The maximum atomic E-state index is 13.4. The quantitative estimate of drug-likeness (QED) is 0.801. The van der Waals surface area contributed by atoms with E-state index in [1.807, 2.05) is 0 Å². The number of carbonyl (C=O) groups excluding carboxylic acids is 1. The van der Waals surface area contributed by atoms with E-state index < -0.39 is 23.5 Å². The molecule has 0 amide bonds. The van der Waals surface area contributed by atoms with Crippen LogP contribution in [0.1, 0.15) is 12.5 Å². The maximum absolute atomic E-state index is 13.4. The van der Waals surface area contributed by atoms with Crippen LogP contribution in [0, 0.1) is 0 Å². The molecule has 2 rings (SSSR count). The number of rotatable bonds is 3. The molecule has 0 saturated carbocycles. The van der Waals surface area contributed by atoms with Crippen LogP contribution in [0.25, 0.3) is 0 Å². The highest BCUT2D eigenvalue weighted by Gasteiger charge is 2.58. The Morgan fingerprint density at radius 3 is 2.50 bits per heavy atom. The van der Waals surface area contributed by atoms with Gasteiger partial charge in [0.15, 0.2) is 5.71 Å². The number of esters is 1. The lowest BCUT2D eigenvalue weighted by Crippen LogP contribution is -2.38. The number of alkyl halides is 3. The lowest BCUT2D eigenvalue weighted by Gasteiger charge is -2.26. The summed E-state index contributed by atoms with van der Waals surface area (Å²) in [5, 5.41) is 0. The predicted molar refractivity (Wildman–Crippen MR) is 66.7 cm³/mol. The van der Waals surface area contributed by atoms with Gasteiger partial charge in [-0.15, -0.1) is 0 Å². The number of benzene rings is 1. The number of nitrogens with zero attached hydrogens (tertiary/aromatic N) is 2. The zero-order valence-electron chi connectivity index (χ0n) is 10.5. The molecule has 1 heterocycles. The molecule has 0 spiro atoms. The van der Waals surface area contributed by atoms with Gasteiger partial charge in [0.1, 0.15) is 0 Å². The summed E-state index contributed by atoms with van der Waals surface area (Å²) in [6.45, 7) is 1.61. The predicted octanol–water partition coefficient (Wildman–Crippen LogP) is 2.49. The van der Waals surface area contributed by atoms with Gasteiger partial charge in [-0.3, -0.25) is 0 Å². The van der Waals surface area contributed by atoms with Gasteiger partial charge < -0.3 is 4.74 Å². The largest absolute Gasteiger partial charge is 0.461 e. The number of hydrogen-bond donors (Lipinski definition) is 0. The molecule has 4 nitrogen and oxygen atoms in total.